The molecule has 0 bridgehead atoms. The fraction of sp³-hybridized carbons (Fsp3) is 0.435. The number of benzene rings is 2. The minimum atomic E-state index is -3.89. The Bertz CT molecular complexity index is 1100. The third-order valence-electron chi connectivity index (χ3n) is 5.58. The standard InChI is InChI=1S/C23H30ClN3O5S/c1-15-12-25-16(2)14-32-21-9-8-18(11-20(21)23(28)27(3)13-22(15)31-4)26-33(29,30)19-7-5-6-17(24)10-19/h5-11,15-16,22,25-26H,12-14H2,1-4H3/t15-,16-,22+/m0/s1. The van der Waals surface area contributed by atoms with Crippen LogP contribution in [0.15, 0.2) is 47.4 Å². The number of nitrogens with zero attached hydrogens (tertiary/aromatic N) is 1. The second-order valence-corrected chi connectivity index (χ2v) is 10.5. The van der Waals surface area contributed by atoms with Gasteiger partial charge in [-0.1, -0.05) is 24.6 Å². The zero-order valence-electron chi connectivity index (χ0n) is 19.2. The summed E-state index contributed by atoms with van der Waals surface area (Å²) in [5.74, 6) is 0.264. The summed E-state index contributed by atoms with van der Waals surface area (Å²) in [4.78, 5) is 14.9. The fourth-order valence-corrected chi connectivity index (χ4v) is 4.92. The van der Waals surface area contributed by atoms with E-state index in [1.54, 1.807) is 43.3 Å². The third kappa shape index (κ3) is 6.38. The molecule has 180 valence electrons. The van der Waals surface area contributed by atoms with Gasteiger partial charge < -0.3 is 19.7 Å². The van der Waals surface area contributed by atoms with Crippen molar-refractivity contribution in [2.24, 2.45) is 5.92 Å². The van der Waals surface area contributed by atoms with Crippen molar-refractivity contribution in [2.45, 2.75) is 30.9 Å². The first kappa shape index (κ1) is 25.3. The number of likely N-dealkylation sites (N-methyl/N-ethyl adjacent to an activating group) is 1. The van der Waals surface area contributed by atoms with E-state index in [-0.39, 0.29) is 40.1 Å². The Morgan fingerprint density at radius 2 is 1.97 bits per heavy atom. The predicted octanol–water partition coefficient (Wildman–Crippen LogP) is 3.23. The van der Waals surface area contributed by atoms with Gasteiger partial charge in [0.05, 0.1) is 16.6 Å². The average Bonchev–Trinajstić information content (AvgIpc) is 2.78. The van der Waals surface area contributed by atoms with Gasteiger partial charge in [-0.05, 0) is 49.2 Å². The largest absolute Gasteiger partial charge is 0.491 e. The lowest BCUT2D eigenvalue weighted by Crippen LogP contribution is -2.44. The van der Waals surface area contributed by atoms with Gasteiger partial charge in [-0.3, -0.25) is 9.52 Å². The number of fused-ring (bicyclic) bond motifs is 1. The number of methoxy groups -OCH3 is 1. The Kier molecular flexibility index (Phi) is 8.23. The summed E-state index contributed by atoms with van der Waals surface area (Å²) in [5.41, 5.74) is 0.507. The molecule has 1 aliphatic rings. The summed E-state index contributed by atoms with van der Waals surface area (Å²) in [6, 6.07) is 10.7. The van der Waals surface area contributed by atoms with Crippen molar-refractivity contribution in [1.29, 1.82) is 0 Å². The topological polar surface area (TPSA) is 97.0 Å². The van der Waals surface area contributed by atoms with Gasteiger partial charge in [0, 0.05) is 44.0 Å². The first-order valence-corrected chi connectivity index (χ1v) is 12.5. The number of nitrogens with one attached hydrogen (secondary N) is 2. The van der Waals surface area contributed by atoms with Gasteiger partial charge in [0.15, 0.2) is 0 Å². The zero-order valence-corrected chi connectivity index (χ0v) is 20.7. The number of carbonyl (C=O) groups is 1. The summed E-state index contributed by atoms with van der Waals surface area (Å²) in [7, 11) is -0.569. The maximum absolute atomic E-state index is 13.3. The number of rotatable bonds is 4. The van der Waals surface area contributed by atoms with E-state index in [2.05, 4.69) is 17.0 Å². The van der Waals surface area contributed by atoms with Crippen LogP contribution < -0.4 is 14.8 Å². The van der Waals surface area contributed by atoms with E-state index >= 15 is 0 Å². The van der Waals surface area contributed by atoms with Gasteiger partial charge in [0.1, 0.15) is 12.4 Å². The molecule has 0 saturated carbocycles. The molecule has 1 amide bonds. The lowest BCUT2D eigenvalue weighted by molar-refractivity contribution is 0.0281. The van der Waals surface area contributed by atoms with Crippen molar-refractivity contribution in [2.75, 3.05) is 38.6 Å². The molecule has 10 heteroatoms. The van der Waals surface area contributed by atoms with Crippen molar-refractivity contribution in [1.82, 2.24) is 10.2 Å². The monoisotopic (exact) mass is 495 g/mol. The summed E-state index contributed by atoms with van der Waals surface area (Å²) in [6.45, 7) is 5.52. The molecule has 0 aromatic heterocycles. The normalized spacial score (nSPS) is 22.5. The van der Waals surface area contributed by atoms with Crippen LogP contribution >= 0.6 is 11.6 Å². The van der Waals surface area contributed by atoms with Crippen LogP contribution in [0.3, 0.4) is 0 Å². The van der Waals surface area contributed by atoms with E-state index < -0.39 is 10.0 Å². The first-order valence-electron chi connectivity index (χ1n) is 10.7. The van der Waals surface area contributed by atoms with E-state index in [0.717, 1.165) is 6.54 Å². The van der Waals surface area contributed by atoms with E-state index in [9.17, 15) is 13.2 Å². The van der Waals surface area contributed by atoms with Crippen LogP contribution in [0.5, 0.6) is 5.75 Å². The lowest BCUT2D eigenvalue weighted by atomic mass is 10.0. The predicted molar refractivity (Wildman–Crippen MR) is 129 cm³/mol. The van der Waals surface area contributed by atoms with Gasteiger partial charge >= 0.3 is 0 Å². The van der Waals surface area contributed by atoms with Gasteiger partial charge in [0.2, 0.25) is 0 Å². The number of anilines is 1. The van der Waals surface area contributed by atoms with Crippen molar-refractivity contribution in [3.63, 3.8) is 0 Å². The number of carbonyl (C=O) groups excluding carboxylic acids is 1. The number of hydrogen-bond acceptors (Lipinski definition) is 6. The van der Waals surface area contributed by atoms with E-state index in [0.29, 0.717) is 23.9 Å². The van der Waals surface area contributed by atoms with Gasteiger partial charge in [-0.25, -0.2) is 8.42 Å². The summed E-state index contributed by atoms with van der Waals surface area (Å²) in [6.07, 6.45) is -0.160. The molecule has 0 aliphatic carbocycles. The number of halogens is 1. The van der Waals surface area contributed by atoms with Crippen molar-refractivity contribution >= 4 is 33.2 Å². The van der Waals surface area contributed by atoms with Crippen LogP contribution in [0.2, 0.25) is 5.02 Å². The van der Waals surface area contributed by atoms with Gasteiger partial charge in [-0.15, -0.1) is 0 Å². The van der Waals surface area contributed by atoms with Crippen LogP contribution in [0, 0.1) is 5.92 Å². The van der Waals surface area contributed by atoms with Gasteiger partial charge in [-0.2, -0.15) is 0 Å². The van der Waals surface area contributed by atoms with Crippen molar-refractivity contribution in [3.8, 4) is 5.75 Å². The number of amides is 1. The Labute approximate surface area is 200 Å². The molecule has 3 atom stereocenters. The van der Waals surface area contributed by atoms with Crippen LogP contribution in [-0.4, -0.2) is 65.2 Å². The van der Waals surface area contributed by atoms with Crippen LogP contribution in [-0.2, 0) is 14.8 Å². The molecule has 33 heavy (non-hydrogen) atoms. The van der Waals surface area contributed by atoms with E-state index in [1.165, 1.54) is 18.2 Å². The molecule has 2 aromatic carbocycles. The van der Waals surface area contributed by atoms with Gasteiger partial charge in [0.25, 0.3) is 15.9 Å². The average molecular weight is 496 g/mol. The Hall–Kier alpha value is -2.33. The van der Waals surface area contributed by atoms with Crippen LogP contribution in [0.4, 0.5) is 5.69 Å². The highest BCUT2D eigenvalue weighted by Crippen LogP contribution is 2.27. The molecule has 0 radical (unpaired) electrons. The Morgan fingerprint density at radius 1 is 1.21 bits per heavy atom. The second kappa shape index (κ2) is 10.7. The first-order chi connectivity index (χ1) is 15.6. The summed E-state index contributed by atoms with van der Waals surface area (Å²) >= 11 is 5.94. The third-order valence-corrected chi connectivity index (χ3v) is 7.20. The fourth-order valence-electron chi connectivity index (χ4n) is 3.57. The number of sulfonamides is 1. The van der Waals surface area contributed by atoms with E-state index in [1.807, 2.05) is 6.92 Å². The highest BCUT2D eigenvalue weighted by molar-refractivity contribution is 7.92. The molecule has 8 nitrogen and oxygen atoms in total. The van der Waals surface area contributed by atoms with Crippen molar-refractivity contribution < 1.29 is 22.7 Å². The second-order valence-electron chi connectivity index (χ2n) is 8.33. The number of hydrogen-bond donors (Lipinski definition) is 2. The van der Waals surface area contributed by atoms with E-state index in [4.69, 9.17) is 21.1 Å². The molecule has 0 unspecified atom stereocenters. The molecule has 0 saturated heterocycles. The molecule has 2 aromatic rings. The minimum absolute atomic E-state index is 0.0271. The summed E-state index contributed by atoms with van der Waals surface area (Å²) in [5, 5.41) is 3.74. The molecule has 1 aliphatic heterocycles. The molecular weight excluding hydrogens is 466 g/mol. The van der Waals surface area contributed by atoms with Crippen LogP contribution in [0.1, 0.15) is 24.2 Å². The summed E-state index contributed by atoms with van der Waals surface area (Å²) < 4.78 is 39.7. The molecule has 2 N–H and O–H groups in total. The minimum Gasteiger partial charge on any atom is -0.491 e. The molecule has 0 spiro atoms. The SMILES string of the molecule is CO[C@@H]1CN(C)C(=O)c2cc(NS(=O)(=O)c3cccc(Cl)c3)ccc2OC[C@H](C)NC[C@@H]1C. The number of ether oxygens (including phenoxy) is 2. The Morgan fingerprint density at radius 3 is 2.67 bits per heavy atom. The lowest BCUT2D eigenvalue weighted by Gasteiger charge is -2.30. The quantitative estimate of drug-likeness (QED) is 0.676. The molecular formula is C23H30ClN3O5S. The maximum Gasteiger partial charge on any atom is 0.261 e. The van der Waals surface area contributed by atoms with Crippen LogP contribution in [0.25, 0.3) is 0 Å². The molecule has 1 heterocycles. The Balaban J connectivity index is 1.94. The highest BCUT2D eigenvalue weighted by atomic mass is 35.5. The smallest absolute Gasteiger partial charge is 0.261 e. The highest BCUT2D eigenvalue weighted by Gasteiger charge is 2.26. The molecule has 3 rings (SSSR count). The maximum atomic E-state index is 13.3. The zero-order chi connectivity index (χ0) is 24.2. The van der Waals surface area contributed by atoms with Crippen molar-refractivity contribution in [3.05, 3.63) is 53.1 Å². The molecule has 0 fully saturated rings.